The fraction of sp³-hybridized carbons (Fsp3) is 0. The van der Waals surface area contributed by atoms with Gasteiger partial charge in [0, 0.05) is 43.9 Å². The van der Waals surface area contributed by atoms with E-state index >= 15 is 0 Å². The quantitative estimate of drug-likeness (QED) is 0.180. The van der Waals surface area contributed by atoms with Gasteiger partial charge in [0.05, 0.1) is 56.7 Å². The number of nitriles is 2. The molecule has 3 aromatic heterocycles. The minimum absolute atomic E-state index is 0.465. The minimum atomic E-state index is 0.465. The summed E-state index contributed by atoms with van der Waals surface area (Å²) in [5.41, 5.74) is 11.1. The van der Waals surface area contributed by atoms with Gasteiger partial charge in [0.25, 0.3) is 0 Å². The third kappa shape index (κ3) is 4.79. The van der Waals surface area contributed by atoms with E-state index in [1.54, 1.807) is 18.2 Å². The molecule has 6 heteroatoms. The Morgan fingerprint density at radius 1 is 0.426 bits per heavy atom. The van der Waals surface area contributed by atoms with Gasteiger partial charge in [-0.3, -0.25) is 4.57 Å². The summed E-state index contributed by atoms with van der Waals surface area (Å²) in [6.07, 6.45) is 0. The minimum Gasteiger partial charge on any atom is -0.309 e. The highest BCUT2D eigenvalue weighted by Crippen LogP contribution is 2.42. The summed E-state index contributed by atoms with van der Waals surface area (Å²) >= 11 is 0. The van der Waals surface area contributed by atoms with Crippen molar-refractivity contribution < 1.29 is 0 Å². The second kappa shape index (κ2) is 12.5. The van der Waals surface area contributed by atoms with E-state index in [1.165, 1.54) is 0 Å². The predicted molar refractivity (Wildman–Crippen MR) is 216 cm³/mol. The first-order valence-electron chi connectivity index (χ1n) is 17.7. The summed E-state index contributed by atoms with van der Waals surface area (Å²) in [6.45, 7) is 0. The molecule has 6 nitrogen and oxygen atoms in total. The van der Waals surface area contributed by atoms with Crippen molar-refractivity contribution in [2.45, 2.75) is 0 Å². The van der Waals surface area contributed by atoms with Gasteiger partial charge in [0.1, 0.15) is 0 Å². The summed E-state index contributed by atoms with van der Waals surface area (Å²) in [5.74, 6) is 0.588. The number of hydrogen-bond acceptors (Lipinski definition) is 4. The topological polar surface area (TPSA) is 83.2 Å². The SMILES string of the molecule is N#Cc1cccc(C#N)c1-c1cccc(-n2c3ccccc3c3c2ccc2c4ccccc4n(-c4nc(-c5ccccc5)cc(-c5ccccc5)n4)c23)c1. The molecule has 0 aliphatic rings. The van der Waals surface area contributed by atoms with E-state index in [4.69, 9.17) is 9.97 Å². The number of aromatic nitrogens is 4. The van der Waals surface area contributed by atoms with E-state index in [9.17, 15) is 10.5 Å². The van der Waals surface area contributed by atoms with Gasteiger partial charge in [-0.15, -0.1) is 0 Å². The Kier molecular flexibility index (Phi) is 7.15. The van der Waals surface area contributed by atoms with Crippen molar-refractivity contribution in [3.05, 3.63) is 181 Å². The van der Waals surface area contributed by atoms with Crippen molar-refractivity contribution in [3.8, 4) is 57.4 Å². The fourth-order valence-corrected chi connectivity index (χ4v) is 7.89. The summed E-state index contributed by atoms with van der Waals surface area (Å²) in [7, 11) is 0. The Labute approximate surface area is 310 Å². The second-order valence-corrected chi connectivity index (χ2v) is 13.2. The van der Waals surface area contributed by atoms with Crippen molar-refractivity contribution >= 4 is 43.6 Å². The van der Waals surface area contributed by atoms with Crippen LogP contribution in [0.2, 0.25) is 0 Å². The zero-order chi connectivity index (χ0) is 36.2. The maximum atomic E-state index is 10.0. The number of para-hydroxylation sites is 2. The molecule has 0 N–H and O–H groups in total. The van der Waals surface area contributed by atoms with Crippen LogP contribution in [-0.2, 0) is 0 Å². The van der Waals surface area contributed by atoms with E-state index in [-0.39, 0.29) is 0 Å². The molecule has 10 aromatic rings. The van der Waals surface area contributed by atoms with Gasteiger partial charge < -0.3 is 4.57 Å². The average Bonchev–Trinajstić information content (AvgIpc) is 3.77. The molecule has 54 heavy (non-hydrogen) atoms. The maximum absolute atomic E-state index is 10.0. The largest absolute Gasteiger partial charge is 0.309 e. The van der Waals surface area contributed by atoms with Gasteiger partial charge in [0.15, 0.2) is 0 Å². The highest BCUT2D eigenvalue weighted by atomic mass is 15.2. The van der Waals surface area contributed by atoms with Crippen LogP contribution in [0, 0.1) is 22.7 Å². The monoisotopic (exact) mass is 688 g/mol. The zero-order valence-electron chi connectivity index (χ0n) is 28.8. The Morgan fingerprint density at radius 3 is 1.63 bits per heavy atom. The van der Waals surface area contributed by atoms with E-state index in [0.29, 0.717) is 22.6 Å². The normalized spacial score (nSPS) is 11.3. The molecule has 3 heterocycles. The third-order valence-electron chi connectivity index (χ3n) is 10.2. The maximum Gasteiger partial charge on any atom is 0.235 e. The third-order valence-corrected chi connectivity index (χ3v) is 10.2. The van der Waals surface area contributed by atoms with Gasteiger partial charge in [-0.1, -0.05) is 121 Å². The number of rotatable bonds is 5. The molecule has 0 amide bonds. The van der Waals surface area contributed by atoms with Crippen LogP contribution < -0.4 is 0 Å². The molecule has 0 saturated heterocycles. The van der Waals surface area contributed by atoms with Crippen molar-refractivity contribution in [3.63, 3.8) is 0 Å². The average molecular weight is 689 g/mol. The fourth-order valence-electron chi connectivity index (χ4n) is 7.89. The van der Waals surface area contributed by atoms with Crippen LogP contribution in [0.1, 0.15) is 11.1 Å². The number of fused-ring (bicyclic) bond motifs is 7. The molecule has 10 rings (SSSR count). The van der Waals surface area contributed by atoms with Crippen LogP contribution >= 0.6 is 0 Å². The smallest absolute Gasteiger partial charge is 0.235 e. The Morgan fingerprint density at radius 2 is 0.981 bits per heavy atom. The lowest BCUT2D eigenvalue weighted by Crippen LogP contribution is -2.04. The standard InChI is InChI=1S/C48H28N6/c49-29-34-18-11-19-35(30-50)45(34)33-17-12-20-36(27-33)53-43-24-10-8-22-39(43)46-44(53)26-25-38-37-21-7-9-23-42(37)54(47(38)46)48-51-40(31-13-3-1-4-14-31)28-41(52-48)32-15-5-2-6-16-32/h1-28H. The van der Waals surface area contributed by atoms with Crippen LogP contribution in [0.4, 0.5) is 0 Å². The molecule has 0 aliphatic carbocycles. The molecule has 0 saturated carbocycles. The Hall–Kier alpha value is -7.80. The lowest BCUT2D eigenvalue weighted by molar-refractivity contribution is 0.998. The first-order chi connectivity index (χ1) is 26.7. The molecule has 250 valence electrons. The molecule has 0 unspecified atom stereocenters. The molecule has 0 spiro atoms. The Balaban J connectivity index is 1.31. The molecule has 0 radical (unpaired) electrons. The zero-order valence-corrected chi connectivity index (χ0v) is 28.8. The molecular formula is C48H28N6. The van der Waals surface area contributed by atoms with Crippen molar-refractivity contribution in [2.24, 2.45) is 0 Å². The predicted octanol–water partition coefficient (Wildman–Crippen LogP) is 11.4. The first kappa shape index (κ1) is 31.0. The van der Waals surface area contributed by atoms with Gasteiger partial charge in [-0.2, -0.15) is 10.5 Å². The van der Waals surface area contributed by atoms with Crippen LogP contribution in [0.3, 0.4) is 0 Å². The molecule has 0 bridgehead atoms. The summed E-state index contributed by atoms with van der Waals surface area (Å²) < 4.78 is 4.49. The van der Waals surface area contributed by atoms with Crippen LogP contribution in [0.15, 0.2) is 170 Å². The second-order valence-electron chi connectivity index (χ2n) is 13.2. The molecular weight excluding hydrogens is 661 g/mol. The molecule has 0 aliphatic heterocycles. The number of hydrogen-bond donors (Lipinski definition) is 0. The van der Waals surface area contributed by atoms with Crippen LogP contribution in [0.5, 0.6) is 0 Å². The summed E-state index contributed by atoms with van der Waals surface area (Å²) in [4.78, 5) is 10.6. The van der Waals surface area contributed by atoms with Crippen molar-refractivity contribution in [1.82, 2.24) is 19.1 Å². The van der Waals surface area contributed by atoms with Gasteiger partial charge in [-0.05, 0) is 54.1 Å². The van der Waals surface area contributed by atoms with Crippen LogP contribution in [0.25, 0.3) is 88.9 Å². The van der Waals surface area contributed by atoms with Crippen LogP contribution in [-0.4, -0.2) is 19.1 Å². The highest BCUT2D eigenvalue weighted by molar-refractivity contribution is 6.26. The molecule has 7 aromatic carbocycles. The first-order valence-corrected chi connectivity index (χ1v) is 17.7. The van der Waals surface area contributed by atoms with E-state index < -0.39 is 0 Å². The van der Waals surface area contributed by atoms with Crippen molar-refractivity contribution in [2.75, 3.05) is 0 Å². The van der Waals surface area contributed by atoms with E-state index in [1.807, 2.05) is 48.5 Å². The molecule has 0 fully saturated rings. The van der Waals surface area contributed by atoms with Gasteiger partial charge >= 0.3 is 0 Å². The number of benzene rings is 7. The summed E-state index contributed by atoms with van der Waals surface area (Å²) in [5, 5.41) is 24.4. The highest BCUT2D eigenvalue weighted by Gasteiger charge is 2.23. The lowest BCUT2D eigenvalue weighted by atomic mass is 9.95. The Bertz CT molecular complexity index is 3090. The number of nitrogens with zero attached hydrogens (tertiary/aromatic N) is 6. The van der Waals surface area contributed by atoms with Crippen molar-refractivity contribution in [1.29, 1.82) is 10.5 Å². The van der Waals surface area contributed by atoms with Gasteiger partial charge in [0.2, 0.25) is 5.95 Å². The summed E-state index contributed by atoms with van der Waals surface area (Å²) in [6, 6.07) is 61.9. The van der Waals surface area contributed by atoms with E-state index in [2.05, 4.69) is 124 Å². The van der Waals surface area contributed by atoms with E-state index in [0.717, 1.165) is 77.4 Å². The van der Waals surface area contributed by atoms with Gasteiger partial charge in [-0.25, -0.2) is 9.97 Å². The lowest BCUT2D eigenvalue weighted by Gasteiger charge is -2.13. The molecule has 0 atom stereocenters.